The topological polar surface area (TPSA) is 114 Å². The average Bonchev–Trinajstić information content (AvgIpc) is 3.10. The summed E-state index contributed by atoms with van der Waals surface area (Å²) in [6.45, 7) is 3.29. The Morgan fingerprint density at radius 2 is 1.53 bits per heavy atom. The van der Waals surface area contributed by atoms with Crippen LogP contribution in [0.25, 0.3) is 11.1 Å². The van der Waals surface area contributed by atoms with E-state index in [-0.39, 0.29) is 19.1 Å². The van der Waals surface area contributed by atoms with Crippen molar-refractivity contribution in [1.82, 2.24) is 10.6 Å². The van der Waals surface area contributed by atoms with Crippen LogP contribution < -0.4 is 10.6 Å². The van der Waals surface area contributed by atoms with Crippen LogP contribution in [-0.4, -0.2) is 55.5 Å². The lowest BCUT2D eigenvalue weighted by molar-refractivity contribution is -0.144. The van der Waals surface area contributed by atoms with E-state index in [2.05, 4.69) is 22.8 Å². The zero-order valence-corrected chi connectivity index (χ0v) is 18.3. The predicted octanol–water partition coefficient (Wildman–Crippen LogP) is 2.77. The Morgan fingerprint density at radius 3 is 2.06 bits per heavy atom. The summed E-state index contributed by atoms with van der Waals surface area (Å²) in [7, 11) is 1.35. The summed E-state index contributed by atoms with van der Waals surface area (Å²) in [5.74, 6) is -2.42. The van der Waals surface area contributed by atoms with Gasteiger partial charge in [0.2, 0.25) is 5.91 Å². The molecule has 3 N–H and O–H groups in total. The van der Waals surface area contributed by atoms with Crippen LogP contribution >= 0.6 is 0 Å². The molecule has 0 aliphatic heterocycles. The maximum atomic E-state index is 12.4. The highest BCUT2D eigenvalue weighted by molar-refractivity contribution is 5.85. The van der Waals surface area contributed by atoms with E-state index in [0.29, 0.717) is 0 Å². The minimum atomic E-state index is -1.19. The number of alkyl carbamates (subject to hydrolysis) is 1. The van der Waals surface area contributed by atoms with Crippen LogP contribution in [0.2, 0.25) is 0 Å². The Kier molecular flexibility index (Phi) is 7.48. The molecule has 1 aliphatic carbocycles. The molecule has 8 nitrogen and oxygen atoms in total. The molecule has 8 heteroatoms. The molecule has 0 spiro atoms. The molecule has 2 aromatic rings. The maximum Gasteiger partial charge on any atom is 0.407 e. The molecule has 2 aromatic carbocycles. The second-order valence-electron chi connectivity index (χ2n) is 7.90. The molecule has 2 amide bonds. The molecular weight excluding hydrogens is 412 g/mol. The average molecular weight is 440 g/mol. The minimum absolute atomic E-state index is 0.0606. The van der Waals surface area contributed by atoms with Crippen molar-refractivity contribution in [2.24, 2.45) is 5.92 Å². The van der Waals surface area contributed by atoms with E-state index in [1.807, 2.05) is 36.4 Å². The highest BCUT2D eigenvalue weighted by Crippen LogP contribution is 2.44. The smallest absolute Gasteiger partial charge is 0.407 e. The number of aliphatic carboxylic acids is 1. The molecule has 3 unspecified atom stereocenters. The highest BCUT2D eigenvalue weighted by atomic mass is 16.5. The van der Waals surface area contributed by atoms with Gasteiger partial charge < -0.3 is 25.2 Å². The second kappa shape index (κ2) is 10.3. The summed E-state index contributed by atoms with van der Waals surface area (Å²) in [5, 5.41) is 14.2. The van der Waals surface area contributed by atoms with Crippen LogP contribution in [0, 0.1) is 5.92 Å². The molecule has 0 saturated heterocycles. The number of fused-ring (bicyclic) bond motifs is 3. The Labute approximate surface area is 186 Å². The summed E-state index contributed by atoms with van der Waals surface area (Å²) < 4.78 is 10.3. The first-order valence-corrected chi connectivity index (χ1v) is 10.5. The first-order valence-electron chi connectivity index (χ1n) is 10.5. The number of rotatable bonds is 9. The number of hydrogen-bond acceptors (Lipinski definition) is 5. The van der Waals surface area contributed by atoms with E-state index in [1.165, 1.54) is 7.11 Å². The molecule has 1 aliphatic rings. The summed E-state index contributed by atoms with van der Waals surface area (Å²) in [4.78, 5) is 36.0. The summed E-state index contributed by atoms with van der Waals surface area (Å²) in [6, 6.07) is 14.4. The number of methoxy groups -OCH3 is 1. The number of carboxylic acid groups (broad SMARTS) is 1. The third-order valence-electron chi connectivity index (χ3n) is 5.80. The molecule has 170 valence electrons. The Morgan fingerprint density at radius 1 is 0.969 bits per heavy atom. The normalized spacial score (nSPS) is 15.1. The van der Waals surface area contributed by atoms with E-state index in [4.69, 9.17) is 14.6 Å². The number of carboxylic acids is 1. The van der Waals surface area contributed by atoms with Crippen molar-refractivity contribution < 1.29 is 29.0 Å². The van der Waals surface area contributed by atoms with Crippen LogP contribution in [0.5, 0.6) is 0 Å². The van der Waals surface area contributed by atoms with E-state index in [1.54, 1.807) is 13.8 Å². The van der Waals surface area contributed by atoms with Gasteiger partial charge in [-0.1, -0.05) is 55.5 Å². The van der Waals surface area contributed by atoms with Gasteiger partial charge in [-0.05, 0) is 29.2 Å². The summed E-state index contributed by atoms with van der Waals surface area (Å²) in [5.41, 5.74) is 4.50. The lowest BCUT2D eigenvalue weighted by Gasteiger charge is -2.23. The van der Waals surface area contributed by atoms with Crippen LogP contribution in [-0.2, 0) is 19.1 Å². The zero-order valence-electron chi connectivity index (χ0n) is 18.3. The first kappa shape index (κ1) is 23.3. The van der Waals surface area contributed by atoms with Gasteiger partial charge in [0, 0.05) is 19.1 Å². The molecule has 0 bridgehead atoms. The Bertz CT molecular complexity index is 946. The lowest BCUT2D eigenvalue weighted by atomic mass is 9.98. The largest absolute Gasteiger partial charge is 0.480 e. The molecule has 3 atom stereocenters. The van der Waals surface area contributed by atoms with Crippen LogP contribution in [0.15, 0.2) is 48.5 Å². The van der Waals surface area contributed by atoms with Crippen molar-refractivity contribution in [1.29, 1.82) is 0 Å². The lowest BCUT2D eigenvalue weighted by Crippen LogP contribution is -2.50. The Hall–Kier alpha value is -3.39. The monoisotopic (exact) mass is 440 g/mol. The van der Waals surface area contributed by atoms with Crippen molar-refractivity contribution >= 4 is 18.0 Å². The predicted molar refractivity (Wildman–Crippen MR) is 118 cm³/mol. The van der Waals surface area contributed by atoms with Crippen molar-refractivity contribution in [3.05, 3.63) is 59.7 Å². The van der Waals surface area contributed by atoms with Crippen LogP contribution in [0.3, 0.4) is 0 Å². The minimum Gasteiger partial charge on any atom is -0.480 e. The van der Waals surface area contributed by atoms with Crippen molar-refractivity contribution in [2.75, 3.05) is 20.3 Å². The van der Waals surface area contributed by atoms with Crippen LogP contribution in [0.1, 0.15) is 30.9 Å². The van der Waals surface area contributed by atoms with Crippen LogP contribution in [0.4, 0.5) is 4.79 Å². The fourth-order valence-electron chi connectivity index (χ4n) is 3.82. The van der Waals surface area contributed by atoms with Gasteiger partial charge in [-0.2, -0.15) is 0 Å². The van der Waals surface area contributed by atoms with E-state index in [0.717, 1.165) is 22.3 Å². The number of ether oxygens (including phenoxy) is 2. The zero-order chi connectivity index (χ0) is 23.3. The molecule has 0 radical (unpaired) electrons. The van der Waals surface area contributed by atoms with Gasteiger partial charge in [0.1, 0.15) is 6.61 Å². The van der Waals surface area contributed by atoms with Gasteiger partial charge in [-0.15, -0.1) is 0 Å². The van der Waals surface area contributed by atoms with Gasteiger partial charge in [0.05, 0.1) is 12.5 Å². The number of carbonyl (C=O) groups excluding carboxylic acids is 2. The van der Waals surface area contributed by atoms with E-state index in [9.17, 15) is 14.4 Å². The van der Waals surface area contributed by atoms with E-state index >= 15 is 0 Å². The number of amides is 2. The number of carbonyl (C=O) groups is 3. The van der Waals surface area contributed by atoms with Crippen molar-refractivity contribution in [3.63, 3.8) is 0 Å². The number of hydrogen-bond donors (Lipinski definition) is 3. The Balaban J connectivity index is 1.57. The fourth-order valence-corrected chi connectivity index (χ4v) is 3.82. The van der Waals surface area contributed by atoms with Crippen molar-refractivity contribution in [3.8, 4) is 11.1 Å². The van der Waals surface area contributed by atoms with Gasteiger partial charge in [-0.25, -0.2) is 9.59 Å². The van der Waals surface area contributed by atoms with Gasteiger partial charge in [0.15, 0.2) is 6.04 Å². The number of nitrogens with one attached hydrogen (secondary N) is 2. The highest BCUT2D eigenvalue weighted by Gasteiger charge is 2.30. The molecule has 3 rings (SSSR count). The van der Waals surface area contributed by atoms with E-state index < -0.39 is 36.0 Å². The summed E-state index contributed by atoms with van der Waals surface area (Å²) >= 11 is 0. The SMILES string of the molecule is COCC(NC(=O)C(C)C(C)NC(=O)OCC1c2ccccc2-c2ccccc21)C(=O)O. The molecule has 0 heterocycles. The quantitative estimate of drug-likeness (QED) is 0.553. The molecule has 0 saturated carbocycles. The third kappa shape index (κ3) is 5.08. The third-order valence-corrected chi connectivity index (χ3v) is 5.80. The van der Waals surface area contributed by atoms with Crippen molar-refractivity contribution in [2.45, 2.75) is 31.8 Å². The second-order valence-corrected chi connectivity index (χ2v) is 7.90. The van der Waals surface area contributed by atoms with Gasteiger partial charge >= 0.3 is 12.1 Å². The number of benzene rings is 2. The molecule has 0 fully saturated rings. The maximum absolute atomic E-state index is 12.4. The first-order chi connectivity index (χ1) is 15.3. The van der Waals surface area contributed by atoms with Gasteiger partial charge in [0.25, 0.3) is 0 Å². The van der Waals surface area contributed by atoms with Gasteiger partial charge in [-0.3, -0.25) is 4.79 Å². The summed E-state index contributed by atoms with van der Waals surface area (Å²) in [6.07, 6.45) is -0.634. The molecular formula is C24H28N2O6. The molecule has 32 heavy (non-hydrogen) atoms. The molecule has 0 aromatic heterocycles. The fraction of sp³-hybridized carbons (Fsp3) is 0.375. The standard InChI is InChI=1S/C24H28N2O6/c1-14(22(27)26-21(13-31-3)23(28)29)15(2)25-24(30)32-12-20-18-10-6-4-8-16(18)17-9-5-7-11-19(17)20/h4-11,14-15,20-21H,12-13H2,1-3H3,(H,25,30)(H,26,27)(H,28,29).